The molecule has 0 unspecified atom stereocenters. The van der Waals surface area contributed by atoms with Crippen molar-refractivity contribution >= 4 is 11.6 Å². The molecular formula is C15H12F3N5O. The molecule has 0 atom stereocenters. The molecular weight excluding hydrogens is 323 g/mol. The van der Waals surface area contributed by atoms with E-state index >= 15 is 0 Å². The standard InChI is InChI=1S/C15H12F3N5O/c1-22-9-12(13(21-22)15(16,17)18)14(24)20-10-3-5-11(6-4-10)23-8-2-7-19-23/h2-9H,1H3,(H,20,24). The van der Waals surface area contributed by atoms with E-state index in [1.54, 1.807) is 47.4 Å². The molecule has 2 heterocycles. The second kappa shape index (κ2) is 5.84. The molecule has 1 N–H and O–H groups in total. The summed E-state index contributed by atoms with van der Waals surface area (Å²) in [6.45, 7) is 0. The van der Waals surface area contributed by atoms with Crippen molar-refractivity contribution in [1.29, 1.82) is 0 Å². The molecule has 124 valence electrons. The number of nitrogens with one attached hydrogen (secondary N) is 1. The van der Waals surface area contributed by atoms with Gasteiger partial charge in [-0.15, -0.1) is 0 Å². The maximum Gasteiger partial charge on any atom is 0.435 e. The molecule has 3 aromatic rings. The Morgan fingerprint density at radius 2 is 1.92 bits per heavy atom. The first kappa shape index (κ1) is 15.8. The maximum atomic E-state index is 12.9. The quantitative estimate of drug-likeness (QED) is 0.800. The summed E-state index contributed by atoms with van der Waals surface area (Å²) in [5, 5.41) is 9.81. The number of nitrogens with zero attached hydrogens (tertiary/aromatic N) is 4. The molecule has 1 amide bonds. The lowest BCUT2D eigenvalue weighted by Gasteiger charge is -2.08. The van der Waals surface area contributed by atoms with Crippen molar-refractivity contribution in [2.24, 2.45) is 7.05 Å². The van der Waals surface area contributed by atoms with E-state index in [0.29, 0.717) is 5.69 Å². The van der Waals surface area contributed by atoms with E-state index in [-0.39, 0.29) is 0 Å². The first-order chi connectivity index (χ1) is 11.3. The van der Waals surface area contributed by atoms with E-state index in [9.17, 15) is 18.0 Å². The average Bonchev–Trinajstić information content (AvgIpc) is 3.16. The molecule has 0 aliphatic rings. The number of hydrogen-bond acceptors (Lipinski definition) is 3. The smallest absolute Gasteiger partial charge is 0.322 e. The summed E-state index contributed by atoms with van der Waals surface area (Å²) in [6.07, 6.45) is -0.288. The zero-order valence-corrected chi connectivity index (χ0v) is 12.4. The molecule has 0 fully saturated rings. The van der Waals surface area contributed by atoms with Crippen LogP contribution < -0.4 is 5.32 Å². The van der Waals surface area contributed by atoms with Gasteiger partial charge in [-0.1, -0.05) is 0 Å². The van der Waals surface area contributed by atoms with Gasteiger partial charge in [-0.25, -0.2) is 4.68 Å². The number of carbonyl (C=O) groups excluding carboxylic acids is 1. The van der Waals surface area contributed by atoms with Crippen molar-refractivity contribution in [3.05, 3.63) is 60.2 Å². The van der Waals surface area contributed by atoms with Crippen molar-refractivity contribution < 1.29 is 18.0 Å². The van der Waals surface area contributed by atoms with Gasteiger partial charge < -0.3 is 5.32 Å². The van der Waals surface area contributed by atoms with E-state index in [0.717, 1.165) is 16.6 Å². The van der Waals surface area contributed by atoms with Gasteiger partial charge in [-0.05, 0) is 30.3 Å². The molecule has 0 bridgehead atoms. The first-order valence-electron chi connectivity index (χ1n) is 6.87. The fourth-order valence-electron chi connectivity index (χ4n) is 2.18. The molecule has 0 spiro atoms. The minimum atomic E-state index is -4.70. The summed E-state index contributed by atoms with van der Waals surface area (Å²) in [7, 11) is 1.32. The number of rotatable bonds is 3. The third-order valence-corrected chi connectivity index (χ3v) is 3.24. The Kier molecular flexibility index (Phi) is 3.84. The molecule has 0 radical (unpaired) electrons. The van der Waals surface area contributed by atoms with E-state index < -0.39 is 23.3 Å². The molecule has 6 nitrogen and oxygen atoms in total. The van der Waals surface area contributed by atoms with Gasteiger partial charge in [-0.2, -0.15) is 23.4 Å². The van der Waals surface area contributed by atoms with E-state index in [1.165, 1.54) is 7.05 Å². The number of hydrogen-bond donors (Lipinski definition) is 1. The highest BCUT2D eigenvalue weighted by molar-refractivity contribution is 6.05. The van der Waals surface area contributed by atoms with Gasteiger partial charge in [0.05, 0.1) is 11.3 Å². The Morgan fingerprint density at radius 1 is 1.21 bits per heavy atom. The molecule has 2 aromatic heterocycles. The summed E-state index contributed by atoms with van der Waals surface area (Å²) >= 11 is 0. The zero-order valence-electron chi connectivity index (χ0n) is 12.4. The molecule has 1 aromatic carbocycles. The molecule has 0 saturated carbocycles. The molecule has 0 aliphatic heterocycles. The highest BCUT2D eigenvalue weighted by Gasteiger charge is 2.38. The third kappa shape index (κ3) is 3.14. The second-order valence-corrected chi connectivity index (χ2v) is 5.01. The normalized spacial score (nSPS) is 11.5. The van der Waals surface area contributed by atoms with Crippen molar-refractivity contribution in [3.63, 3.8) is 0 Å². The largest absolute Gasteiger partial charge is 0.435 e. The van der Waals surface area contributed by atoms with E-state index in [2.05, 4.69) is 15.5 Å². The van der Waals surface area contributed by atoms with Gasteiger partial charge in [0, 0.05) is 31.3 Å². The van der Waals surface area contributed by atoms with Crippen LogP contribution in [0, 0.1) is 0 Å². The van der Waals surface area contributed by atoms with Crippen LogP contribution in [-0.2, 0) is 13.2 Å². The Morgan fingerprint density at radius 3 is 2.50 bits per heavy atom. The molecule has 3 rings (SSSR count). The molecule has 0 saturated heterocycles. The minimum Gasteiger partial charge on any atom is -0.322 e. The van der Waals surface area contributed by atoms with Crippen molar-refractivity contribution in [1.82, 2.24) is 19.6 Å². The minimum absolute atomic E-state index is 0.368. The van der Waals surface area contributed by atoms with Crippen molar-refractivity contribution in [3.8, 4) is 5.69 Å². The number of aromatic nitrogens is 4. The second-order valence-electron chi connectivity index (χ2n) is 5.01. The van der Waals surface area contributed by atoms with Gasteiger partial charge in [0.25, 0.3) is 5.91 Å². The predicted octanol–water partition coefficient (Wildman–Crippen LogP) is 2.88. The predicted molar refractivity (Wildman–Crippen MR) is 79.7 cm³/mol. The van der Waals surface area contributed by atoms with E-state index in [1.807, 2.05) is 0 Å². The lowest BCUT2D eigenvalue weighted by molar-refractivity contribution is -0.141. The highest BCUT2D eigenvalue weighted by atomic mass is 19.4. The Hall–Kier alpha value is -3.10. The Labute approximate surface area is 134 Å². The van der Waals surface area contributed by atoms with Crippen LogP contribution >= 0.6 is 0 Å². The molecule has 24 heavy (non-hydrogen) atoms. The van der Waals surface area contributed by atoms with Crippen molar-refractivity contribution in [2.45, 2.75) is 6.18 Å². The van der Waals surface area contributed by atoms with Crippen LogP contribution in [0.15, 0.2) is 48.9 Å². The Balaban J connectivity index is 1.81. The summed E-state index contributed by atoms with van der Waals surface area (Å²) in [5.74, 6) is -0.873. The first-order valence-corrected chi connectivity index (χ1v) is 6.87. The summed E-state index contributed by atoms with van der Waals surface area (Å²) < 4.78 is 41.3. The van der Waals surface area contributed by atoms with Gasteiger partial charge in [0.15, 0.2) is 5.69 Å². The lowest BCUT2D eigenvalue weighted by atomic mass is 10.2. The van der Waals surface area contributed by atoms with Gasteiger partial charge in [0.1, 0.15) is 0 Å². The maximum absolute atomic E-state index is 12.9. The zero-order chi connectivity index (χ0) is 17.3. The van der Waals surface area contributed by atoms with Gasteiger partial charge >= 0.3 is 6.18 Å². The number of carbonyl (C=O) groups is 1. The molecule has 9 heteroatoms. The van der Waals surface area contributed by atoms with Gasteiger partial charge in [-0.3, -0.25) is 9.48 Å². The monoisotopic (exact) mass is 335 g/mol. The number of benzene rings is 1. The number of anilines is 1. The highest BCUT2D eigenvalue weighted by Crippen LogP contribution is 2.30. The fourth-order valence-corrected chi connectivity index (χ4v) is 2.18. The summed E-state index contributed by atoms with van der Waals surface area (Å²) in [5.41, 5.74) is -0.611. The number of alkyl halides is 3. The SMILES string of the molecule is Cn1cc(C(=O)Nc2ccc(-n3cccn3)cc2)c(C(F)(F)F)n1. The number of halogens is 3. The van der Waals surface area contributed by atoms with Crippen LogP contribution in [0.3, 0.4) is 0 Å². The summed E-state index contributed by atoms with van der Waals surface area (Å²) in [4.78, 5) is 12.1. The van der Waals surface area contributed by atoms with Crippen molar-refractivity contribution in [2.75, 3.05) is 5.32 Å². The average molecular weight is 335 g/mol. The number of aryl methyl sites for hydroxylation is 1. The van der Waals surface area contributed by atoms with Crippen LogP contribution in [0.5, 0.6) is 0 Å². The van der Waals surface area contributed by atoms with Crippen LogP contribution in [0.4, 0.5) is 18.9 Å². The van der Waals surface area contributed by atoms with Crippen LogP contribution in [-0.4, -0.2) is 25.5 Å². The number of amides is 1. The topological polar surface area (TPSA) is 64.7 Å². The summed E-state index contributed by atoms with van der Waals surface area (Å²) in [6, 6.07) is 8.31. The molecule has 0 aliphatic carbocycles. The Bertz CT molecular complexity index is 850. The third-order valence-electron chi connectivity index (χ3n) is 3.24. The van der Waals surface area contributed by atoms with E-state index in [4.69, 9.17) is 0 Å². The fraction of sp³-hybridized carbons (Fsp3) is 0.133. The lowest BCUT2D eigenvalue weighted by Crippen LogP contribution is -2.17. The van der Waals surface area contributed by atoms with Gasteiger partial charge in [0.2, 0.25) is 0 Å². The van der Waals surface area contributed by atoms with Crippen LogP contribution in [0.2, 0.25) is 0 Å². The van der Waals surface area contributed by atoms with Crippen LogP contribution in [0.25, 0.3) is 5.69 Å². The van der Waals surface area contributed by atoms with Crippen LogP contribution in [0.1, 0.15) is 16.1 Å².